The maximum atomic E-state index is 13.8. The minimum atomic E-state index is -4.62. The van der Waals surface area contributed by atoms with Crippen LogP contribution in [-0.4, -0.2) is 38.5 Å². The Balaban J connectivity index is 0.000000203. The van der Waals surface area contributed by atoms with E-state index in [0.29, 0.717) is 11.6 Å². The van der Waals surface area contributed by atoms with E-state index >= 15 is 0 Å². The number of benzene rings is 2. The van der Waals surface area contributed by atoms with Crippen LogP contribution in [0.25, 0.3) is 22.8 Å². The second-order valence-electron chi connectivity index (χ2n) is 9.85. The summed E-state index contributed by atoms with van der Waals surface area (Å²) in [5.74, 6) is -1.58. The zero-order chi connectivity index (χ0) is 31.8. The van der Waals surface area contributed by atoms with Gasteiger partial charge >= 0.3 is 6.18 Å². The third-order valence-electron chi connectivity index (χ3n) is 6.49. The van der Waals surface area contributed by atoms with Crippen molar-refractivity contribution in [3.05, 3.63) is 109 Å². The molecule has 0 bridgehead atoms. The molecule has 0 atom stereocenters. The predicted molar refractivity (Wildman–Crippen MR) is 151 cm³/mol. The van der Waals surface area contributed by atoms with Crippen LogP contribution >= 0.6 is 0 Å². The molecule has 15 heteroatoms. The second kappa shape index (κ2) is 13.1. The number of hydrogen-bond donors (Lipinski definition) is 0. The van der Waals surface area contributed by atoms with E-state index in [1.165, 1.54) is 24.7 Å². The molecule has 4 heterocycles. The summed E-state index contributed by atoms with van der Waals surface area (Å²) in [5.41, 5.74) is 0.979. The molecule has 0 aliphatic carbocycles. The van der Waals surface area contributed by atoms with Gasteiger partial charge in [-0.25, -0.2) is 0 Å². The van der Waals surface area contributed by atoms with E-state index in [-0.39, 0.29) is 48.4 Å². The monoisotopic (exact) mass is 797 g/mol. The molecule has 2 aliphatic rings. The van der Waals surface area contributed by atoms with Gasteiger partial charge in [0.15, 0.2) is 0 Å². The van der Waals surface area contributed by atoms with Crippen LogP contribution in [0.1, 0.15) is 16.8 Å². The Labute approximate surface area is 269 Å². The fourth-order valence-corrected chi connectivity index (χ4v) is 4.36. The van der Waals surface area contributed by atoms with Crippen molar-refractivity contribution in [2.24, 2.45) is 7.05 Å². The number of nitrogens with zero attached hydrogens (tertiary/aromatic N) is 9. The van der Waals surface area contributed by atoms with Crippen LogP contribution < -0.4 is 14.9 Å². The average Bonchev–Trinajstić information content (AvgIpc) is 3.76. The van der Waals surface area contributed by atoms with Gasteiger partial charge in [0.1, 0.15) is 11.5 Å². The van der Waals surface area contributed by atoms with Crippen molar-refractivity contribution in [3.63, 3.8) is 0 Å². The van der Waals surface area contributed by atoms with Gasteiger partial charge in [-0.05, 0) is 57.6 Å². The first-order chi connectivity index (χ1) is 20.8. The van der Waals surface area contributed by atoms with Crippen molar-refractivity contribution >= 4 is 11.4 Å². The van der Waals surface area contributed by atoms with Crippen molar-refractivity contribution < 1.29 is 42.1 Å². The number of aromatic nitrogens is 4. The summed E-state index contributed by atoms with van der Waals surface area (Å²) in [7, 11) is 5.43. The molecule has 1 radical (unpaired) electrons. The first kappa shape index (κ1) is 33.2. The number of halogens is 5. The number of hydrogen-bond acceptors (Lipinski definition) is 7. The maximum absolute atomic E-state index is 13.8. The van der Waals surface area contributed by atoms with Gasteiger partial charge in [-0.2, -0.15) is 31.8 Å². The normalized spacial score (nSPS) is 14.0. The third kappa shape index (κ3) is 7.19. The molecule has 0 N–H and O–H groups in total. The van der Waals surface area contributed by atoms with Crippen LogP contribution in [0.15, 0.2) is 55.3 Å². The molecule has 9 nitrogen and oxygen atoms in total. The minimum absolute atomic E-state index is 0. The van der Waals surface area contributed by atoms with E-state index in [0.717, 1.165) is 17.4 Å². The smallest absolute Gasteiger partial charge is 0.431 e. The number of rotatable bonds is 4. The van der Waals surface area contributed by atoms with Crippen molar-refractivity contribution in [1.29, 1.82) is 5.26 Å². The summed E-state index contributed by atoms with van der Waals surface area (Å²) in [6.07, 6.45) is 4.53. The van der Waals surface area contributed by atoms with Gasteiger partial charge < -0.3 is 34.4 Å². The molecule has 0 unspecified atom stereocenters. The van der Waals surface area contributed by atoms with Crippen LogP contribution in [0, 0.1) is 55.4 Å². The molecule has 2 aliphatic heterocycles. The van der Waals surface area contributed by atoms with Gasteiger partial charge in [-0.1, -0.05) is 22.9 Å². The second-order valence-corrected chi connectivity index (χ2v) is 9.85. The Morgan fingerprint density at radius 1 is 0.956 bits per heavy atom. The van der Waals surface area contributed by atoms with Gasteiger partial charge in [0.05, 0.1) is 6.07 Å². The van der Waals surface area contributed by atoms with Crippen molar-refractivity contribution in [2.45, 2.75) is 13.1 Å². The van der Waals surface area contributed by atoms with Crippen LogP contribution in [0.2, 0.25) is 0 Å². The van der Waals surface area contributed by atoms with E-state index in [2.05, 4.69) is 33.4 Å². The fraction of sp³-hybridized carbons (Fsp3) is 0.167. The Bertz CT molecular complexity index is 1740. The van der Waals surface area contributed by atoms with Crippen LogP contribution in [0.5, 0.6) is 0 Å². The molecule has 0 saturated carbocycles. The Morgan fingerprint density at radius 2 is 1.56 bits per heavy atom. The largest absolute Gasteiger partial charge is 0.572 e. The molecule has 4 aromatic rings. The van der Waals surface area contributed by atoms with Crippen molar-refractivity contribution in [3.8, 4) is 28.8 Å². The molecule has 2 aromatic carbocycles. The van der Waals surface area contributed by atoms with Gasteiger partial charge in [0.25, 0.3) is 0 Å². The quantitative estimate of drug-likeness (QED) is 0.197. The number of imidazole rings is 1. The summed E-state index contributed by atoms with van der Waals surface area (Å²) in [4.78, 5) is 11.9. The molecule has 0 spiro atoms. The van der Waals surface area contributed by atoms with Gasteiger partial charge in [0, 0.05) is 44.5 Å². The molecule has 6 rings (SSSR count). The first-order valence-electron chi connectivity index (χ1n) is 12.9. The topological polar surface area (TPSA) is 81.6 Å². The maximum Gasteiger partial charge on any atom is 0.431 e. The molecular formula is C30H23F5IrN9-5. The molecule has 0 saturated heterocycles. The zero-order valence-electron chi connectivity index (χ0n) is 24.1. The molecule has 0 fully saturated rings. The summed E-state index contributed by atoms with van der Waals surface area (Å²) >= 11 is 0. The number of anilines is 2. The van der Waals surface area contributed by atoms with Crippen LogP contribution in [0.3, 0.4) is 0 Å². The average molecular weight is 797 g/mol. The van der Waals surface area contributed by atoms with Crippen molar-refractivity contribution in [1.82, 2.24) is 29.5 Å². The Hall–Kier alpha value is -4.67. The number of alkyl halides is 3. The summed E-state index contributed by atoms with van der Waals surface area (Å²) in [5, 5.41) is 15.9. The van der Waals surface area contributed by atoms with E-state index in [1.807, 2.05) is 84.0 Å². The zero-order valence-corrected chi connectivity index (χ0v) is 26.5. The van der Waals surface area contributed by atoms with Crippen molar-refractivity contribution in [2.75, 3.05) is 23.9 Å². The molecule has 45 heavy (non-hydrogen) atoms. The standard InChI is InChI=1S/C15H9F5N4.C15H14N5.Ir/c1-7-12(22-23-13(7)15(18,19)20)14-21-11(6-24(14)2)9-4-3-8(16)5-10(9)17;1-17-3-5-19(11-17)14-7-13(10-16)8-15(9-14)20-6-4-18(2)12-20;/h3,5-6H,1-2H3;3-8,11-12H,1-2H3;/q-2;-3;. The van der Waals surface area contributed by atoms with E-state index in [1.54, 1.807) is 0 Å². The Kier molecular flexibility index (Phi) is 9.70. The number of nitriles is 1. The fourth-order valence-electron chi connectivity index (χ4n) is 4.36. The van der Waals surface area contributed by atoms with Gasteiger partial charge in [0.2, 0.25) is 0 Å². The van der Waals surface area contributed by atoms with E-state index in [4.69, 9.17) is 0 Å². The third-order valence-corrected chi connectivity index (χ3v) is 6.49. The first-order valence-corrected chi connectivity index (χ1v) is 12.9. The molecule has 237 valence electrons. The van der Waals surface area contributed by atoms with E-state index in [9.17, 15) is 27.2 Å². The minimum Gasteiger partial charge on any atom is -0.572 e. The predicted octanol–water partition coefficient (Wildman–Crippen LogP) is 5.55. The molecule has 0 amide bonds. The summed E-state index contributed by atoms with van der Waals surface area (Å²) in [6, 6.07) is 13.2. The van der Waals surface area contributed by atoms with Crippen LogP contribution in [0.4, 0.5) is 33.3 Å². The Morgan fingerprint density at radius 3 is 2.02 bits per heavy atom. The van der Waals surface area contributed by atoms with Crippen LogP contribution in [-0.2, 0) is 33.3 Å². The van der Waals surface area contributed by atoms with Gasteiger partial charge in [-0.3, -0.25) is 13.8 Å². The SMILES string of the molecule is CN1C=CN(c2[c-]c(N3C=CN(C)[CH-]3)cc(C#N)c2)[CH-]1.Cc1c(C(F)(F)F)n[n-]c1-c1nc(-c2[c-]cc(F)cc2F)cn1C.[Ir]. The molecule has 2 aromatic heterocycles. The van der Waals surface area contributed by atoms with E-state index < -0.39 is 23.5 Å². The number of aryl methyl sites for hydroxylation is 1. The molecular weight excluding hydrogens is 774 g/mol. The summed E-state index contributed by atoms with van der Waals surface area (Å²) < 4.78 is 66.6. The summed E-state index contributed by atoms with van der Waals surface area (Å²) in [6.45, 7) is 5.11. The van der Waals surface area contributed by atoms with Gasteiger partial charge in [-0.15, -0.1) is 41.7 Å².